The van der Waals surface area contributed by atoms with Crippen LogP contribution in [-0.4, -0.2) is 26.7 Å². The van der Waals surface area contributed by atoms with Crippen LogP contribution < -0.4 is 10.1 Å². The van der Waals surface area contributed by atoms with Crippen molar-refractivity contribution in [1.82, 2.24) is 15.2 Å². The molecule has 0 spiro atoms. The number of hydrogen-bond donors (Lipinski definition) is 2. The summed E-state index contributed by atoms with van der Waals surface area (Å²) in [6, 6.07) is 6.44. The minimum absolute atomic E-state index is 0.00865. The van der Waals surface area contributed by atoms with E-state index in [1.807, 2.05) is 0 Å². The molecular formula is C16H9Cl2F3N4O2. The van der Waals surface area contributed by atoms with Gasteiger partial charge in [0.05, 0.1) is 11.8 Å². The van der Waals surface area contributed by atoms with Gasteiger partial charge in [0.25, 0.3) is 5.91 Å². The molecule has 0 aliphatic carbocycles. The zero-order valence-electron chi connectivity index (χ0n) is 13.1. The summed E-state index contributed by atoms with van der Waals surface area (Å²) >= 11 is 10.6. The third-order valence-corrected chi connectivity index (χ3v) is 3.69. The number of nitrogens with zero attached hydrogens (tertiary/aromatic N) is 2. The van der Waals surface area contributed by atoms with Crippen molar-refractivity contribution in [3.63, 3.8) is 0 Å². The number of nitrogens with one attached hydrogen (secondary N) is 2. The number of carbonyl (C=O) groups excluding carboxylic acids is 1. The second-order valence-electron chi connectivity index (χ2n) is 5.18. The van der Waals surface area contributed by atoms with Gasteiger partial charge in [-0.3, -0.25) is 9.89 Å². The smallest absolute Gasteiger partial charge is 0.420 e. The van der Waals surface area contributed by atoms with Crippen LogP contribution in [0.15, 0.2) is 42.7 Å². The number of anilines is 1. The molecule has 2 heterocycles. The van der Waals surface area contributed by atoms with E-state index in [2.05, 4.69) is 36.8 Å². The Balaban J connectivity index is 1.78. The zero-order valence-corrected chi connectivity index (χ0v) is 14.7. The molecule has 0 atom stereocenters. The third kappa shape index (κ3) is 4.69. The third-order valence-electron chi connectivity index (χ3n) is 3.31. The van der Waals surface area contributed by atoms with Gasteiger partial charge in [0, 0.05) is 29.0 Å². The van der Waals surface area contributed by atoms with Crippen LogP contribution in [0.25, 0.3) is 11.3 Å². The first-order valence-corrected chi connectivity index (χ1v) is 8.00. The largest absolute Gasteiger partial charge is 0.487 e. The van der Waals surface area contributed by atoms with Crippen molar-refractivity contribution in [2.75, 3.05) is 5.32 Å². The molecular weight excluding hydrogens is 408 g/mol. The van der Waals surface area contributed by atoms with E-state index in [1.165, 1.54) is 36.5 Å². The van der Waals surface area contributed by atoms with E-state index in [0.717, 1.165) is 6.20 Å². The van der Waals surface area contributed by atoms with Gasteiger partial charge in [-0.25, -0.2) is 9.37 Å². The highest BCUT2D eigenvalue weighted by Gasteiger charge is 2.27. The SMILES string of the molecule is O=C(Nc1ccc(OC(F)(F)Cl)cc1)c1cnc(Cl)c(-c2[nH]ncc2F)c1. The van der Waals surface area contributed by atoms with Crippen LogP contribution in [0, 0.1) is 5.82 Å². The van der Waals surface area contributed by atoms with Crippen molar-refractivity contribution < 1.29 is 22.7 Å². The fourth-order valence-electron chi connectivity index (χ4n) is 2.15. The molecule has 0 unspecified atom stereocenters. The number of carbonyl (C=O) groups is 1. The molecule has 0 aliphatic rings. The summed E-state index contributed by atoms with van der Waals surface area (Å²) in [6.07, 6.45) is 2.17. The maximum atomic E-state index is 13.7. The second-order valence-corrected chi connectivity index (χ2v) is 5.98. The first kappa shape index (κ1) is 19.0. The number of aromatic amines is 1. The molecule has 0 radical (unpaired) electrons. The molecule has 0 saturated carbocycles. The van der Waals surface area contributed by atoms with E-state index in [-0.39, 0.29) is 27.7 Å². The molecule has 0 fully saturated rings. The molecule has 2 N–H and O–H groups in total. The van der Waals surface area contributed by atoms with Gasteiger partial charge >= 0.3 is 5.57 Å². The van der Waals surface area contributed by atoms with Crippen molar-refractivity contribution in [3.8, 4) is 17.0 Å². The maximum absolute atomic E-state index is 13.7. The summed E-state index contributed by atoms with van der Waals surface area (Å²) in [5.41, 5.74) is -3.29. The van der Waals surface area contributed by atoms with Crippen LogP contribution in [-0.2, 0) is 0 Å². The molecule has 27 heavy (non-hydrogen) atoms. The highest BCUT2D eigenvalue weighted by molar-refractivity contribution is 6.32. The highest BCUT2D eigenvalue weighted by atomic mass is 35.5. The Kier molecular flexibility index (Phi) is 5.24. The van der Waals surface area contributed by atoms with Gasteiger partial charge in [0.1, 0.15) is 16.6 Å². The minimum Gasteiger partial charge on any atom is -0.420 e. The molecule has 0 bridgehead atoms. The number of halogens is 5. The van der Waals surface area contributed by atoms with Crippen molar-refractivity contribution >= 4 is 34.8 Å². The lowest BCUT2D eigenvalue weighted by atomic mass is 10.1. The number of rotatable bonds is 5. The van der Waals surface area contributed by atoms with Crippen LogP contribution in [0.5, 0.6) is 5.75 Å². The number of ether oxygens (including phenoxy) is 1. The Labute approximate surface area is 160 Å². The number of aromatic nitrogens is 3. The molecule has 1 amide bonds. The van der Waals surface area contributed by atoms with E-state index in [9.17, 15) is 18.0 Å². The number of benzene rings is 1. The summed E-state index contributed by atoms with van der Waals surface area (Å²) in [5, 5.41) is 8.51. The lowest BCUT2D eigenvalue weighted by Crippen LogP contribution is -2.16. The number of pyridine rings is 1. The van der Waals surface area contributed by atoms with Gasteiger partial charge in [-0.05, 0) is 30.3 Å². The Morgan fingerprint density at radius 3 is 2.52 bits per heavy atom. The van der Waals surface area contributed by atoms with Crippen LogP contribution in [0.4, 0.5) is 18.9 Å². The Morgan fingerprint density at radius 1 is 1.22 bits per heavy atom. The van der Waals surface area contributed by atoms with Crippen molar-refractivity contribution in [1.29, 1.82) is 0 Å². The summed E-state index contributed by atoms with van der Waals surface area (Å²) in [7, 11) is 0. The van der Waals surface area contributed by atoms with Crippen molar-refractivity contribution in [3.05, 3.63) is 59.3 Å². The topological polar surface area (TPSA) is 79.9 Å². The normalized spacial score (nSPS) is 11.3. The molecule has 1 aromatic carbocycles. The van der Waals surface area contributed by atoms with Gasteiger partial charge in [0.2, 0.25) is 0 Å². The lowest BCUT2D eigenvalue weighted by Gasteiger charge is -2.11. The van der Waals surface area contributed by atoms with Crippen molar-refractivity contribution in [2.24, 2.45) is 0 Å². The predicted octanol–water partition coefficient (Wildman–Crippen LogP) is 4.68. The van der Waals surface area contributed by atoms with Gasteiger partial charge < -0.3 is 10.1 Å². The number of H-pyrrole nitrogens is 1. The average Bonchev–Trinajstić information content (AvgIpc) is 3.01. The predicted molar refractivity (Wildman–Crippen MR) is 92.6 cm³/mol. The monoisotopic (exact) mass is 416 g/mol. The molecule has 6 nitrogen and oxygen atoms in total. The fourth-order valence-corrected chi connectivity index (χ4v) is 2.44. The Bertz CT molecular complexity index is 975. The molecule has 3 aromatic rings. The first-order valence-electron chi connectivity index (χ1n) is 7.25. The standard InChI is InChI=1S/C16H9Cl2F3N4O2/c17-14-11(13-12(19)7-23-25-13)5-8(6-22-14)15(26)24-9-1-3-10(4-2-9)27-16(18,20)21/h1-7H,(H,23,25)(H,24,26). The molecule has 11 heteroatoms. The van der Waals surface area contributed by atoms with Crippen molar-refractivity contribution in [2.45, 2.75) is 5.57 Å². The van der Waals surface area contributed by atoms with E-state index in [1.54, 1.807) is 0 Å². The number of alkyl halides is 3. The maximum Gasteiger partial charge on any atom is 0.487 e. The van der Waals surface area contributed by atoms with E-state index < -0.39 is 17.3 Å². The molecule has 3 rings (SSSR count). The average molecular weight is 417 g/mol. The van der Waals surface area contributed by atoms with E-state index in [0.29, 0.717) is 5.69 Å². The number of amides is 1. The fraction of sp³-hybridized carbons (Fsp3) is 0.0625. The van der Waals surface area contributed by atoms with Gasteiger partial charge in [0.15, 0.2) is 5.82 Å². The number of hydrogen-bond acceptors (Lipinski definition) is 4. The quantitative estimate of drug-likeness (QED) is 0.467. The summed E-state index contributed by atoms with van der Waals surface area (Å²) < 4.78 is 43.0. The lowest BCUT2D eigenvalue weighted by molar-refractivity contribution is -0.0964. The van der Waals surface area contributed by atoms with E-state index >= 15 is 0 Å². The van der Waals surface area contributed by atoms with Gasteiger partial charge in [-0.15, -0.1) is 8.78 Å². The van der Waals surface area contributed by atoms with Gasteiger partial charge in [-0.2, -0.15) is 5.10 Å². The first-order chi connectivity index (χ1) is 12.7. The molecule has 2 aromatic heterocycles. The molecule has 140 valence electrons. The summed E-state index contributed by atoms with van der Waals surface area (Å²) in [4.78, 5) is 16.2. The zero-order chi connectivity index (χ0) is 19.6. The second kappa shape index (κ2) is 7.45. The van der Waals surface area contributed by atoms with Crippen LogP contribution in [0.1, 0.15) is 10.4 Å². The Hall–Kier alpha value is -2.78. The van der Waals surface area contributed by atoms with Gasteiger partial charge in [-0.1, -0.05) is 11.6 Å². The van der Waals surface area contributed by atoms with Crippen LogP contribution in [0.3, 0.4) is 0 Å². The minimum atomic E-state index is -3.84. The Morgan fingerprint density at radius 2 is 1.93 bits per heavy atom. The summed E-state index contributed by atoms with van der Waals surface area (Å²) in [6.45, 7) is 0. The molecule has 0 saturated heterocycles. The molecule has 0 aliphatic heterocycles. The summed E-state index contributed by atoms with van der Waals surface area (Å²) in [5.74, 6) is -1.40. The van der Waals surface area contributed by atoms with Crippen LogP contribution in [0.2, 0.25) is 5.15 Å². The van der Waals surface area contributed by atoms with E-state index in [4.69, 9.17) is 11.6 Å². The van der Waals surface area contributed by atoms with Crippen LogP contribution >= 0.6 is 23.2 Å². The highest BCUT2D eigenvalue weighted by Crippen LogP contribution is 2.28.